The SMILES string of the molecule is C=CCNC(=O)C1(n2cccn2)CCNCC1. The number of carbonyl (C=O) groups excluding carboxylic acids is 1. The average molecular weight is 234 g/mol. The van der Waals surface area contributed by atoms with E-state index in [-0.39, 0.29) is 5.91 Å². The molecule has 2 N–H and O–H groups in total. The first-order valence-corrected chi connectivity index (χ1v) is 5.90. The van der Waals surface area contributed by atoms with Crippen molar-refractivity contribution in [2.75, 3.05) is 19.6 Å². The van der Waals surface area contributed by atoms with Gasteiger partial charge >= 0.3 is 0 Å². The maximum Gasteiger partial charge on any atom is 0.248 e. The molecule has 17 heavy (non-hydrogen) atoms. The molecule has 5 nitrogen and oxygen atoms in total. The lowest BCUT2D eigenvalue weighted by Crippen LogP contribution is -2.54. The van der Waals surface area contributed by atoms with Gasteiger partial charge in [-0.05, 0) is 32.0 Å². The van der Waals surface area contributed by atoms with Gasteiger partial charge in [-0.1, -0.05) is 6.08 Å². The van der Waals surface area contributed by atoms with Crippen molar-refractivity contribution in [2.24, 2.45) is 0 Å². The second-order valence-corrected chi connectivity index (χ2v) is 4.23. The molecule has 0 bridgehead atoms. The Hall–Kier alpha value is -1.62. The van der Waals surface area contributed by atoms with Gasteiger partial charge in [0.05, 0.1) is 0 Å². The Bertz CT molecular complexity index is 379. The number of amides is 1. The van der Waals surface area contributed by atoms with Crippen molar-refractivity contribution in [1.29, 1.82) is 0 Å². The molecular weight excluding hydrogens is 216 g/mol. The lowest BCUT2D eigenvalue weighted by atomic mass is 9.87. The molecule has 0 aromatic carbocycles. The minimum absolute atomic E-state index is 0.0302. The van der Waals surface area contributed by atoms with E-state index in [0.717, 1.165) is 25.9 Å². The van der Waals surface area contributed by atoms with Gasteiger partial charge in [0.15, 0.2) is 0 Å². The number of nitrogens with one attached hydrogen (secondary N) is 2. The van der Waals surface area contributed by atoms with Crippen LogP contribution in [0.2, 0.25) is 0 Å². The molecule has 0 atom stereocenters. The van der Waals surface area contributed by atoms with Gasteiger partial charge in [0.25, 0.3) is 0 Å². The van der Waals surface area contributed by atoms with E-state index in [1.807, 2.05) is 12.3 Å². The largest absolute Gasteiger partial charge is 0.351 e. The van der Waals surface area contributed by atoms with Crippen LogP contribution in [0, 0.1) is 0 Å². The molecule has 1 aliphatic rings. The van der Waals surface area contributed by atoms with Gasteiger partial charge in [0.2, 0.25) is 5.91 Å². The van der Waals surface area contributed by atoms with Crippen molar-refractivity contribution < 1.29 is 4.79 Å². The summed E-state index contributed by atoms with van der Waals surface area (Å²) in [7, 11) is 0. The summed E-state index contributed by atoms with van der Waals surface area (Å²) >= 11 is 0. The molecule has 0 unspecified atom stereocenters. The summed E-state index contributed by atoms with van der Waals surface area (Å²) in [5.74, 6) is 0.0302. The average Bonchev–Trinajstić information content (AvgIpc) is 2.91. The summed E-state index contributed by atoms with van der Waals surface area (Å²) in [5, 5.41) is 10.4. The van der Waals surface area contributed by atoms with Crippen LogP contribution >= 0.6 is 0 Å². The first kappa shape index (κ1) is 11.9. The lowest BCUT2D eigenvalue weighted by molar-refractivity contribution is -0.131. The molecule has 0 saturated carbocycles. The molecule has 1 amide bonds. The van der Waals surface area contributed by atoms with E-state index in [9.17, 15) is 4.79 Å². The minimum atomic E-state index is -0.544. The van der Waals surface area contributed by atoms with Crippen molar-refractivity contribution in [1.82, 2.24) is 20.4 Å². The van der Waals surface area contributed by atoms with Gasteiger partial charge in [0.1, 0.15) is 5.54 Å². The quantitative estimate of drug-likeness (QED) is 0.735. The van der Waals surface area contributed by atoms with E-state index in [1.54, 1.807) is 17.0 Å². The molecular formula is C12H18N4O. The molecule has 1 aromatic heterocycles. The van der Waals surface area contributed by atoms with Gasteiger partial charge in [-0.25, -0.2) is 0 Å². The number of piperidine rings is 1. The normalized spacial score (nSPS) is 18.6. The minimum Gasteiger partial charge on any atom is -0.351 e. The summed E-state index contributed by atoms with van der Waals surface area (Å²) in [4.78, 5) is 12.3. The summed E-state index contributed by atoms with van der Waals surface area (Å²) < 4.78 is 1.78. The highest BCUT2D eigenvalue weighted by Gasteiger charge is 2.41. The second-order valence-electron chi connectivity index (χ2n) is 4.23. The molecule has 5 heteroatoms. The Morgan fingerprint density at radius 3 is 2.94 bits per heavy atom. The fourth-order valence-corrected chi connectivity index (χ4v) is 2.25. The fourth-order valence-electron chi connectivity index (χ4n) is 2.25. The van der Waals surface area contributed by atoms with Gasteiger partial charge in [-0.2, -0.15) is 5.10 Å². The first-order chi connectivity index (χ1) is 8.29. The third-order valence-corrected chi connectivity index (χ3v) is 3.20. The smallest absolute Gasteiger partial charge is 0.248 e. The Labute approximate surface area is 101 Å². The monoisotopic (exact) mass is 234 g/mol. The van der Waals surface area contributed by atoms with Crippen LogP contribution in [0.25, 0.3) is 0 Å². The number of carbonyl (C=O) groups is 1. The standard InChI is InChI=1S/C12H18N4O/c1-2-6-14-11(17)12(4-8-13-9-5-12)16-10-3-7-15-16/h2-3,7,10,13H,1,4-6,8-9H2,(H,14,17). The molecule has 1 fully saturated rings. The molecule has 0 aliphatic carbocycles. The fraction of sp³-hybridized carbons (Fsp3) is 0.500. The molecule has 2 rings (SSSR count). The maximum absolute atomic E-state index is 12.3. The maximum atomic E-state index is 12.3. The van der Waals surface area contributed by atoms with E-state index in [2.05, 4.69) is 22.3 Å². The Kier molecular flexibility index (Phi) is 3.58. The molecule has 1 aliphatic heterocycles. The first-order valence-electron chi connectivity index (χ1n) is 5.90. The molecule has 1 saturated heterocycles. The predicted molar refractivity (Wildman–Crippen MR) is 65.5 cm³/mol. The van der Waals surface area contributed by atoms with E-state index >= 15 is 0 Å². The zero-order valence-corrected chi connectivity index (χ0v) is 9.85. The summed E-state index contributed by atoms with van der Waals surface area (Å²) in [6.45, 7) is 5.78. The van der Waals surface area contributed by atoms with Gasteiger partial charge < -0.3 is 10.6 Å². The number of nitrogens with zero attached hydrogens (tertiary/aromatic N) is 2. The van der Waals surface area contributed by atoms with E-state index < -0.39 is 5.54 Å². The van der Waals surface area contributed by atoms with E-state index in [1.165, 1.54) is 0 Å². The predicted octanol–water partition coefficient (Wildman–Crippen LogP) is 0.264. The third-order valence-electron chi connectivity index (χ3n) is 3.20. The Morgan fingerprint density at radius 2 is 2.35 bits per heavy atom. The molecule has 0 spiro atoms. The molecule has 2 heterocycles. The van der Waals surface area contributed by atoms with E-state index in [0.29, 0.717) is 6.54 Å². The number of aromatic nitrogens is 2. The van der Waals surface area contributed by atoms with Crippen LogP contribution in [-0.2, 0) is 10.3 Å². The zero-order chi connectivity index (χ0) is 12.1. The highest BCUT2D eigenvalue weighted by atomic mass is 16.2. The number of rotatable bonds is 4. The number of hydrogen-bond donors (Lipinski definition) is 2. The second kappa shape index (κ2) is 5.14. The van der Waals surface area contributed by atoms with Crippen LogP contribution in [0.4, 0.5) is 0 Å². The summed E-state index contributed by atoms with van der Waals surface area (Å²) in [5.41, 5.74) is -0.544. The van der Waals surface area contributed by atoms with Crippen LogP contribution in [0.1, 0.15) is 12.8 Å². The van der Waals surface area contributed by atoms with Crippen LogP contribution in [0.15, 0.2) is 31.1 Å². The molecule has 1 aromatic rings. The molecule has 0 radical (unpaired) electrons. The Morgan fingerprint density at radius 1 is 1.59 bits per heavy atom. The van der Waals surface area contributed by atoms with Gasteiger partial charge in [-0.15, -0.1) is 6.58 Å². The van der Waals surface area contributed by atoms with Crippen LogP contribution in [-0.4, -0.2) is 35.3 Å². The molecule has 92 valence electrons. The Balaban J connectivity index is 2.23. The van der Waals surface area contributed by atoms with Crippen molar-refractivity contribution >= 4 is 5.91 Å². The highest BCUT2D eigenvalue weighted by Crippen LogP contribution is 2.26. The van der Waals surface area contributed by atoms with E-state index in [4.69, 9.17) is 0 Å². The van der Waals surface area contributed by atoms with Crippen molar-refractivity contribution in [2.45, 2.75) is 18.4 Å². The summed E-state index contributed by atoms with van der Waals surface area (Å²) in [6, 6.07) is 1.85. The summed E-state index contributed by atoms with van der Waals surface area (Å²) in [6.07, 6.45) is 6.79. The highest BCUT2D eigenvalue weighted by molar-refractivity contribution is 5.84. The van der Waals surface area contributed by atoms with Crippen molar-refractivity contribution in [3.63, 3.8) is 0 Å². The van der Waals surface area contributed by atoms with Crippen molar-refractivity contribution in [3.8, 4) is 0 Å². The van der Waals surface area contributed by atoms with Gasteiger partial charge in [0, 0.05) is 18.9 Å². The zero-order valence-electron chi connectivity index (χ0n) is 9.85. The lowest BCUT2D eigenvalue weighted by Gasteiger charge is -2.36. The van der Waals surface area contributed by atoms with Crippen LogP contribution < -0.4 is 10.6 Å². The van der Waals surface area contributed by atoms with Crippen LogP contribution in [0.3, 0.4) is 0 Å². The van der Waals surface area contributed by atoms with Crippen molar-refractivity contribution in [3.05, 3.63) is 31.1 Å². The third kappa shape index (κ3) is 2.24. The van der Waals surface area contributed by atoms with Crippen LogP contribution in [0.5, 0.6) is 0 Å². The topological polar surface area (TPSA) is 59.0 Å². The van der Waals surface area contributed by atoms with Gasteiger partial charge in [-0.3, -0.25) is 9.48 Å². The number of hydrogen-bond acceptors (Lipinski definition) is 3.